The van der Waals surface area contributed by atoms with Crippen LogP contribution in [0, 0.1) is 0 Å². The van der Waals surface area contributed by atoms with Crippen LogP contribution in [0.1, 0.15) is 5.56 Å². The normalized spacial score (nSPS) is 10.8. The highest BCUT2D eigenvalue weighted by molar-refractivity contribution is 6.04. The quantitative estimate of drug-likeness (QED) is 0.589. The number of esters is 1. The molecule has 0 aliphatic carbocycles. The van der Waals surface area contributed by atoms with Crippen molar-refractivity contribution >= 4 is 17.8 Å². The number of ketones is 1. The highest BCUT2D eigenvalue weighted by Crippen LogP contribution is 2.12. The van der Waals surface area contributed by atoms with E-state index in [1.807, 2.05) is 12.1 Å². The molecule has 0 saturated heterocycles. The van der Waals surface area contributed by atoms with Gasteiger partial charge in [0, 0.05) is 6.08 Å². The fourth-order valence-corrected chi connectivity index (χ4v) is 1.17. The molecule has 0 saturated carbocycles. The van der Waals surface area contributed by atoms with Gasteiger partial charge in [0.25, 0.3) is 0 Å². The summed E-state index contributed by atoms with van der Waals surface area (Å²) in [5.41, 5.74) is 0.871. The largest absolute Gasteiger partial charge is 0.497 e. The summed E-state index contributed by atoms with van der Waals surface area (Å²) in [6.07, 6.45) is 5.27. The summed E-state index contributed by atoms with van der Waals surface area (Å²) in [5.74, 6) is -0.0820. The first-order valence-electron chi connectivity index (χ1n) is 5.28. The van der Waals surface area contributed by atoms with Gasteiger partial charge in [0.2, 0.25) is 0 Å². The molecule has 0 aliphatic heterocycles. The molecular formula is C14H14O4. The van der Waals surface area contributed by atoms with Crippen molar-refractivity contribution in [3.63, 3.8) is 0 Å². The van der Waals surface area contributed by atoms with E-state index in [0.717, 1.165) is 23.5 Å². The molecule has 0 atom stereocenters. The Bertz CT molecular complexity index is 469. The van der Waals surface area contributed by atoms with Gasteiger partial charge in [-0.05, 0) is 29.8 Å². The van der Waals surface area contributed by atoms with Crippen LogP contribution in [0.4, 0.5) is 0 Å². The summed E-state index contributed by atoms with van der Waals surface area (Å²) >= 11 is 0. The third-order valence-corrected chi connectivity index (χ3v) is 2.14. The predicted octanol–water partition coefficient (Wildman–Crippen LogP) is 2.01. The number of rotatable bonds is 5. The van der Waals surface area contributed by atoms with Gasteiger partial charge in [0.1, 0.15) is 5.75 Å². The van der Waals surface area contributed by atoms with Gasteiger partial charge < -0.3 is 9.47 Å². The number of benzene rings is 1. The lowest BCUT2D eigenvalue weighted by Crippen LogP contribution is -1.95. The Balaban J connectivity index is 2.60. The van der Waals surface area contributed by atoms with Gasteiger partial charge in [-0.1, -0.05) is 18.2 Å². The standard InChI is InChI=1S/C14H14O4/c1-17-13-8-4-11(5-9-13)3-6-12(15)7-10-14(16)18-2/h3-10H,1-2H3/b6-3+,10-7-. The second kappa shape index (κ2) is 7.06. The van der Waals surface area contributed by atoms with Crippen LogP contribution in [-0.4, -0.2) is 26.0 Å². The van der Waals surface area contributed by atoms with Crippen molar-refractivity contribution in [2.75, 3.05) is 14.2 Å². The number of hydrogen-bond donors (Lipinski definition) is 0. The lowest BCUT2D eigenvalue weighted by atomic mass is 10.2. The lowest BCUT2D eigenvalue weighted by Gasteiger charge is -1.98. The summed E-state index contributed by atoms with van der Waals surface area (Å²) < 4.78 is 9.39. The van der Waals surface area contributed by atoms with Crippen molar-refractivity contribution in [1.29, 1.82) is 0 Å². The van der Waals surface area contributed by atoms with E-state index in [2.05, 4.69) is 4.74 Å². The highest BCUT2D eigenvalue weighted by atomic mass is 16.5. The number of allylic oxidation sites excluding steroid dienone is 2. The van der Waals surface area contributed by atoms with E-state index in [1.165, 1.54) is 13.2 Å². The molecule has 18 heavy (non-hydrogen) atoms. The van der Waals surface area contributed by atoms with Crippen LogP contribution in [0.15, 0.2) is 42.5 Å². The summed E-state index contributed by atoms with van der Waals surface area (Å²) in [5, 5.41) is 0. The Kier molecular flexibility index (Phi) is 5.38. The van der Waals surface area contributed by atoms with E-state index >= 15 is 0 Å². The Morgan fingerprint density at radius 3 is 2.22 bits per heavy atom. The Hall–Kier alpha value is -2.36. The minimum atomic E-state index is -0.554. The molecule has 0 bridgehead atoms. The molecule has 1 rings (SSSR count). The predicted molar refractivity (Wildman–Crippen MR) is 68.2 cm³/mol. The van der Waals surface area contributed by atoms with E-state index in [0.29, 0.717) is 0 Å². The SMILES string of the molecule is COC(=O)/C=C\C(=O)/C=C/c1ccc(OC)cc1. The van der Waals surface area contributed by atoms with Gasteiger partial charge in [-0.3, -0.25) is 4.79 Å². The fourth-order valence-electron chi connectivity index (χ4n) is 1.17. The van der Waals surface area contributed by atoms with Crippen molar-refractivity contribution in [3.05, 3.63) is 48.1 Å². The van der Waals surface area contributed by atoms with E-state index < -0.39 is 5.97 Å². The molecule has 0 aliphatic rings. The molecule has 0 fully saturated rings. The fraction of sp³-hybridized carbons (Fsp3) is 0.143. The average Bonchev–Trinajstić information content (AvgIpc) is 2.42. The van der Waals surface area contributed by atoms with Gasteiger partial charge in [-0.15, -0.1) is 0 Å². The zero-order valence-electron chi connectivity index (χ0n) is 10.3. The average molecular weight is 246 g/mol. The topological polar surface area (TPSA) is 52.6 Å². The highest BCUT2D eigenvalue weighted by Gasteiger charge is 1.95. The van der Waals surface area contributed by atoms with Crippen LogP contribution in [0.2, 0.25) is 0 Å². The number of carbonyl (C=O) groups excluding carboxylic acids is 2. The van der Waals surface area contributed by atoms with Crippen LogP contribution in [-0.2, 0) is 14.3 Å². The molecule has 0 aromatic heterocycles. The first kappa shape index (κ1) is 13.7. The second-order valence-corrected chi connectivity index (χ2v) is 3.37. The number of hydrogen-bond acceptors (Lipinski definition) is 4. The van der Waals surface area contributed by atoms with Crippen LogP contribution in [0.25, 0.3) is 6.08 Å². The Morgan fingerprint density at radius 1 is 1.00 bits per heavy atom. The van der Waals surface area contributed by atoms with Crippen molar-refractivity contribution in [2.24, 2.45) is 0 Å². The molecule has 4 nitrogen and oxygen atoms in total. The molecule has 1 aromatic rings. The summed E-state index contributed by atoms with van der Waals surface area (Å²) in [6.45, 7) is 0. The third kappa shape index (κ3) is 4.65. The van der Waals surface area contributed by atoms with E-state index in [4.69, 9.17) is 4.74 Å². The van der Waals surface area contributed by atoms with Gasteiger partial charge >= 0.3 is 5.97 Å². The smallest absolute Gasteiger partial charge is 0.330 e. The molecule has 0 unspecified atom stereocenters. The number of methoxy groups -OCH3 is 2. The summed E-state index contributed by atoms with van der Waals surface area (Å²) in [4.78, 5) is 22.1. The summed E-state index contributed by atoms with van der Waals surface area (Å²) in [7, 11) is 2.84. The minimum absolute atomic E-state index is 0.281. The zero-order chi connectivity index (χ0) is 13.4. The minimum Gasteiger partial charge on any atom is -0.497 e. The van der Waals surface area contributed by atoms with E-state index in [1.54, 1.807) is 25.3 Å². The lowest BCUT2D eigenvalue weighted by molar-refractivity contribution is -0.135. The van der Waals surface area contributed by atoms with Crippen LogP contribution in [0.3, 0.4) is 0 Å². The third-order valence-electron chi connectivity index (χ3n) is 2.14. The maximum absolute atomic E-state index is 11.4. The molecule has 0 N–H and O–H groups in total. The maximum atomic E-state index is 11.4. The van der Waals surface area contributed by atoms with Crippen LogP contribution < -0.4 is 4.74 Å². The monoisotopic (exact) mass is 246 g/mol. The van der Waals surface area contributed by atoms with E-state index in [-0.39, 0.29) is 5.78 Å². The van der Waals surface area contributed by atoms with E-state index in [9.17, 15) is 9.59 Å². The van der Waals surface area contributed by atoms with Crippen molar-refractivity contribution < 1.29 is 19.1 Å². The molecule has 0 heterocycles. The first-order valence-corrected chi connectivity index (χ1v) is 5.28. The molecular weight excluding hydrogens is 232 g/mol. The van der Waals surface area contributed by atoms with Gasteiger partial charge in [-0.25, -0.2) is 4.79 Å². The van der Waals surface area contributed by atoms with Gasteiger partial charge in [0.05, 0.1) is 14.2 Å². The van der Waals surface area contributed by atoms with Crippen molar-refractivity contribution in [2.45, 2.75) is 0 Å². The first-order chi connectivity index (χ1) is 8.65. The van der Waals surface area contributed by atoms with Crippen molar-refractivity contribution in [3.8, 4) is 5.75 Å². The second-order valence-electron chi connectivity index (χ2n) is 3.37. The molecule has 0 amide bonds. The molecule has 1 aromatic carbocycles. The zero-order valence-corrected chi connectivity index (χ0v) is 10.3. The summed E-state index contributed by atoms with van der Waals surface area (Å²) in [6, 6.07) is 7.25. The number of ether oxygens (including phenoxy) is 2. The maximum Gasteiger partial charge on any atom is 0.330 e. The molecule has 0 spiro atoms. The number of carbonyl (C=O) groups is 2. The Morgan fingerprint density at radius 2 is 1.67 bits per heavy atom. The molecule has 94 valence electrons. The van der Waals surface area contributed by atoms with Crippen LogP contribution >= 0.6 is 0 Å². The van der Waals surface area contributed by atoms with Gasteiger partial charge in [-0.2, -0.15) is 0 Å². The molecule has 0 radical (unpaired) electrons. The molecule has 4 heteroatoms. The van der Waals surface area contributed by atoms with Crippen LogP contribution in [0.5, 0.6) is 5.75 Å². The van der Waals surface area contributed by atoms with Crippen molar-refractivity contribution in [1.82, 2.24) is 0 Å². The van der Waals surface area contributed by atoms with Gasteiger partial charge in [0.15, 0.2) is 5.78 Å². The Labute approximate surface area is 106 Å².